The smallest absolute Gasteiger partial charge is 0.414 e. The number of hydrogen-bond donors (Lipinski definition) is 2. The monoisotopic (exact) mass is 468 g/mol. The van der Waals surface area contributed by atoms with Crippen molar-refractivity contribution in [2.75, 3.05) is 38.1 Å². The van der Waals surface area contributed by atoms with E-state index in [1.807, 2.05) is 24.3 Å². The third-order valence-electron chi connectivity index (χ3n) is 6.64. The van der Waals surface area contributed by atoms with E-state index in [1.54, 1.807) is 12.1 Å². The maximum absolute atomic E-state index is 14.9. The minimum Gasteiger partial charge on any atom is -0.442 e. The summed E-state index contributed by atoms with van der Waals surface area (Å²) in [7, 11) is 2.20. The van der Waals surface area contributed by atoms with Crippen molar-refractivity contribution in [3.05, 3.63) is 53.8 Å². The van der Waals surface area contributed by atoms with E-state index in [0.29, 0.717) is 17.3 Å². The highest BCUT2D eigenvalue weighted by molar-refractivity contribution is 5.90. The summed E-state index contributed by atoms with van der Waals surface area (Å²) in [6, 6.07) is 13.3. The van der Waals surface area contributed by atoms with Crippen molar-refractivity contribution in [2.24, 2.45) is 0 Å². The average molecular weight is 469 g/mol. The molecule has 0 radical (unpaired) electrons. The number of carbonyl (C=O) groups is 2. The molecule has 182 valence electrons. The first-order valence-electron chi connectivity index (χ1n) is 11.9. The van der Waals surface area contributed by atoms with E-state index in [-0.39, 0.29) is 19.0 Å². The predicted octanol–water partition coefficient (Wildman–Crippen LogP) is 3.53. The number of amides is 2. The number of halogens is 1. The van der Waals surface area contributed by atoms with E-state index in [9.17, 15) is 14.0 Å². The fraction of sp³-hybridized carbons (Fsp3) is 0.462. The molecule has 2 aliphatic heterocycles. The lowest BCUT2D eigenvalue weighted by atomic mass is 10.0. The molecule has 4 rings (SSSR count). The molecule has 2 heterocycles. The number of rotatable bonds is 9. The zero-order valence-corrected chi connectivity index (χ0v) is 19.9. The molecule has 2 atom stereocenters. The summed E-state index contributed by atoms with van der Waals surface area (Å²) < 4.78 is 20.2. The Kier molecular flexibility index (Phi) is 7.80. The van der Waals surface area contributed by atoms with Gasteiger partial charge in [0.05, 0.1) is 18.8 Å². The molecule has 0 spiro atoms. The molecule has 2 amide bonds. The van der Waals surface area contributed by atoms with Gasteiger partial charge in [-0.3, -0.25) is 9.69 Å². The Bertz CT molecular complexity index is 1010. The number of likely N-dealkylation sites (tertiary alicyclic amines) is 1. The average Bonchev–Trinajstić information content (AvgIpc) is 3.40. The molecule has 2 N–H and O–H groups in total. The maximum Gasteiger partial charge on any atom is 0.414 e. The second-order valence-electron chi connectivity index (χ2n) is 9.16. The van der Waals surface area contributed by atoms with Gasteiger partial charge in [-0.15, -0.1) is 0 Å². The Morgan fingerprint density at radius 1 is 1.21 bits per heavy atom. The van der Waals surface area contributed by atoms with Crippen LogP contribution in [0.5, 0.6) is 0 Å². The van der Waals surface area contributed by atoms with Crippen LogP contribution in [0, 0.1) is 5.82 Å². The van der Waals surface area contributed by atoms with Gasteiger partial charge < -0.3 is 20.3 Å². The van der Waals surface area contributed by atoms with E-state index in [2.05, 4.69) is 22.6 Å². The van der Waals surface area contributed by atoms with Crippen molar-refractivity contribution in [3.63, 3.8) is 0 Å². The molecular formula is C26H33FN4O3. The molecule has 7 nitrogen and oxygen atoms in total. The standard InChI is InChI=1S/C26H33FN4O3/c1-18(32)29-16-23-17-31(26(33)34-23)22-9-10-24(25(27)14-22)20-7-5-19(6-8-20)15-28-12-11-21-4-3-13-30(21)2/h5-10,14,21,23,28H,3-4,11-13,15-17H2,1-2H3,(H,29,32). The van der Waals surface area contributed by atoms with E-state index in [1.165, 1.54) is 37.3 Å². The molecule has 34 heavy (non-hydrogen) atoms. The number of carbonyl (C=O) groups excluding carboxylic acids is 2. The number of hydrogen-bond acceptors (Lipinski definition) is 5. The third-order valence-corrected chi connectivity index (χ3v) is 6.64. The lowest BCUT2D eigenvalue weighted by Gasteiger charge is -2.19. The van der Waals surface area contributed by atoms with Gasteiger partial charge >= 0.3 is 6.09 Å². The van der Waals surface area contributed by atoms with Gasteiger partial charge in [-0.2, -0.15) is 0 Å². The zero-order chi connectivity index (χ0) is 24.1. The van der Waals surface area contributed by atoms with Crippen LogP contribution in [0.3, 0.4) is 0 Å². The molecule has 2 fully saturated rings. The third kappa shape index (κ3) is 5.93. The summed E-state index contributed by atoms with van der Waals surface area (Å²) in [5.41, 5.74) is 2.86. The molecule has 0 aromatic heterocycles. The zero-order valence-electron chi connectivity index (χ0n) is 19.9. The molecule has 2 saturated heterocycles. The van der Waals surface area contributed by atoms with Crippen molar-refractivity contribution in [1.29, 1.82) is 0 Å². The first-order chi connectivity index (χ1) is 16.4. The predicted molar refractivity (Wildman–Crippen MR) is 130 cm³/mol. The van der Waals surface area contributed by atoms with Gasteiger partial charge in [-0.25, -0.2) is 9.18 Å². The van der Waals surface area contributed by atoms with Crippen LogP contribution in [0.2, 0.25) is 0 Å². The molecule has 0 saturated carbocycles. The topological polar surface area (TPSA) is 73.9 Å². The first-order valence-corrected chi connectivity index (χ1v) is 11.9. The van der Waals surface area contributed by atoms with Crippen LogP contribution in [0.15, 0.2) is 42.5 Å². The molecule has 8 heteroatoms. The number of anilines is 1. The van der Waals surface area contributed by atoms with Gasteiger partial charge in [0, 0.05) is 25.1 Å². The summed E-state index contributed by atoms with van der Waals surface area (Å²) in [5.74, 6) is -0.592. The lowest BCUT2D eigenvalue weighted by molar-refractivity contribution is -0.119. The van der Waals surface area contributed by atoms with Crippen molar-refractivity contribution in [2.45, 2.75) is 44.9 Å². The highest BCUT2D eigenvalue weighted by Gasteiger charge is 2.32. The van der Waals surface area contributed by atoms with Crippen molar-refractivity contribution >= 4 is 17.7 Å². The van der Waals surface area contributed by atoms with E-state index >= 15 is 0 Å². The van der Waals surface area contributed by atoms with Crippen molar-refractivity contribution < 1.29 is 18.7 Å². The number of cyclic esters (lactones) is 1. The van der Waals surface area contributed by atoms with Crippen LogP contribution in [0.1, 0.15) is 31.7 Å². The molecule has 2 aliphatic rings. The van der Waals surface area contributed by atoms with E-state index in [4.69, 9.17) is 4.74 Å². The Hall–Kier alpha value is -2.97. The fourth-order valence-corrected chi connectivity index (χ4v) is 4.65. The molecule has 2 aromatic carbocycles. The van der Waals surface area contributed by atoms with E-state index in [0.717, 1.165) is 30.6 Å². The minimum atomic E-state index is -0.543. The largest absolute Gasteiger partial charge is 0.442 e. The number of ether oxygens (including phenoxy) is 1. The molecule has 0 bridgehead atoms. The maximum atomic E-state index is 14.9. The van der Waals surface area contributed by atoms with Crippen molar-refractivity contribution in [1.82, 2.24) is 15.5 Å². The SMILES string of the molecule is CC(=O)NCC1CN(c2ccc(-c3ccc(CNCCC4CCCN4C)cc3)c(F)c2)C(=O)O1. The fourth-order valence-electron chi connectivity index (χ4n) is 4.65. The number of nitrogens with one attached hydrogen (secondary N) is 2. The number of nitrogens with zero attached hydrogens (tertiary/aromatic N) is 2. The van der Waals surface area contributed by atoms with Crippen LogP contribution in [-0.4, -0.2) is 62.3 Å². The van der Waals surface area contributed by atoms with Gasteiger partial charge in [0.25, 0.3) is 0 Å². The Morgan fingerprint density at radius 3 is 2.68 bits per heavy atom. The Morgan fingerprint density at radius 2 is 2.00 bits per heavy atom. The highest BCUT2D eigenvalue weighted by Crippen LogP contribution is 2.29. The Labute approximate surface area is 200 Å². The highest BCUT2D eigenvalue weighted by atomic mass is 19.1. The van der Waals surface area contributed by atoms with Gasteiger partial charge in [-0.05, 0) is 68.7 Å². The quantitative estimate of drug-likeness (QED) is 0.551. The summed E-state index contributed by atoms with van der Waals surface area (Å²) >= 11 is 0. The van der Waals surface area contributed by atoms with Crippen molar-refractivity contribution in [3.8, 4) is 11.1 Å². The van der Waals surface area contributed by atoms with Gasteiger partial charge in [-0.1, -0.05) is 24.3 Å². The van der Waals surface area contributed by atoms with Crippen LogP contribution < -0.4 is 15.5 Å². The molecule has 0 aliphatic carbocycles. The van der Waals surface area contributed by atoms with E-state index < -0.39 is 18.0 Å². The first kappa shape index (κ1) is 24.2. The van der Waals surface area contributed by atoms with Crippen LogP contribution in [-0.2, 0) is 16.1 Å². The summed E-state index contributed by atoms with van der Waals surface area (Å²) in [6.07, 6.45) is 2.73. The minimum absolute atomic E-state index is 0.191. The molecule has 2 aromatic rings. The second-order valence-corrected chi connectivity index (χ2v) is 9.16. The molecular weight excluding hydrogens is 435 g/mol. The van der Waals surface area contributed by atoms with Crippen LogP contribution >= 0.6 is 0 Å². The molecule has 2 unspecified atom stereocenters. The van der Waals surface area contributed by atoms with Crippen LogP contribution in [0.4, 0.5) is 14.9 Å². The van der Waals surface area contributed by atoms with Gasteiger partial charge in [0.2, 0.25) is 5.91 Å². The summed E-state index contributed by atoms with van der Waals surface area (Å²) in [4.78, 5) is 27.1. The van der Waals surface area contributed by atoms with Gasteiger partial charge in [0.15, 0.2) is 0 Å². The normalized spacial score (nSPS) is 20.6. The second kappa shape index (κ2) is 11.0. The Balaban J connectivity index is 1.32. The lowest BCUT2D eigenvalue weighted by Crippen LogP contribution is -2.33. The summed E-state index contributed by atoms with van der Waals surface area (Å²) in [5, 5.41) is 6.14. The number of benzene rings is 2. The van der Waals surface area contributed by atoms with Gasteiger partial charge in [0.1, 0.15) is 11.9 Å². The summed E-state index contributed by atoms with van der Waals surface area (Å²) in [6.45, 7) is 4.87. The van der Waals surface area contributed by atoms with Crippen LogP contribution in [0.25, 0.3) is 11.1 Å².